The van der Waals surface area contributed by atoms with Gasteiger partial charge in [-0.3, -0.25) is 5.32 Å². The van der Waals surface area contributed by atoms with Crippen molar-refractivity contribution in [2.75, 3.05) is 42.1 Å². The molecular weight excluding hydrogens is 476 g/mol. The van der Waals surface area contributed by atoms with Gasteiger partial charge in [0.15, 0.2) is 0 Å². The van der Waals surface area contributed by atoms with Gasteiger partial charge in [0, 0.05) is 25.2 Å². The molecule has 39 heavy (non-hydrogen) atoms. The third-order valence-corrected chi connectivity index (χ3v) is 6.87. The van der Waals surface area contributed by atoms with E-state index >= 15 is 0 Å². The van der Waals surface area contributed by atoms with Crippen LogP contribution in [0.4, 0.5) is 17.1 Å². The molecule has 0 spiro atoms. The van der Waals surface area contributed by atoms with Crippen molar-refractivity contribution in [1.82, 2.24) is 5.32 Å². The molecule has 0 fully saturated rings. The molecule has 0 amide bonds. The maximum Gasteiger partial charge on any atom is 0.0968 e. The Kier molecular flexibility index (Phi) is 11.3. The molecule has 4 nitrogen and oxygen atoms in total. The third kappa shape index (κ3) is 8.02. The maximum absolute atomic E-state index is 4.08. The lowest BCUT2D eigenvalue weighted by Gasteiger charge is -2.40. The van der Waals surface area contributed by atoms with Crippen molar-refractivity contribution < 1.29 is 0 Å². The van der Waals surface area contributed by atoms with E-state index < -0.39 is 5.54 Å². The summed E-state index contributed by atoms with van der Waals surface area (Å²) in [4.78, 5) is 0. The number of anilines is 3. The minimum absolute atomic E-state index is 0.495. The number of nitrogens with one attached hydrogen (secondary N) is 4. The molecule has 212 valence electrons. The first-order valence-corrected chi connectivity index (χ1v) is 14.9. The second-order valence-electron chi connectivity index (χ2n) is 12.5. The Morgan fingerprint density at radius 3 is 1.38 bits per heavy atom. The minimum atomic E-state index is -0.531. The largest absolute Gasteiger partial charge is 0.383 e. The number of benzene rings is 3. The highest BCUT2D eigenvalue weighted by Gasteiger charge is 2.39. The lowest BCUT2D eigenvalue weighted by molar-refractivity contribution is 0.429. The van der Waals surface area contributed by atoms with Gasteiger partial charge in [0.2, 0.25) is 0 Å². The van der Waals surface area contributed by atoms with Gasteiger partial charge in [0.05, 0.1) is 22.6 Å². The van der Waals surface area contributed by atoms with Crippen molar-refractivity contribution in [2.24, 2.45) is 23.7 Å². The quantitative estimate of drug-likeness (QED) is 0.150. The molecule has 0 aliphatic carbocycles. The molecule has 0 aromatic heterocycles. The van der Waals surface area contributed by atoms with Gasteiger partial charge in [-0.05, 0) is 47.4 Å². The van der Waals surface area contributed by atoms with Crippen molar-refractivity contribution in [3.05, 3.63) is 89.5 Å². The van der Waals surface area contributed by atoms with Crippen LogP contribution in [0.5, 0.6) is 0 Å². The van der Waals surface area contributed by atoms with E-state index in [1.165, 1.54) is 22.4 Å². The topological polar surface area (TPSA) is 48.1 Å². The molecular formula is C35H52N4. The van der Waals surface area contributed by atoms with Crippen LogP contribution in [0, 0.1) is 23.7 Å². The highest BCUT2D eigenvalue weighted by molar-refractivity contribution is 5.87. The smallest absolute Gasteiger partial charge is 0.0968 e. The number of hydrogen-bond donors (Lipinski definition) is 4. The second-order valence-corrected chi connectivity index (χ2v) is 12.5. The van der Waals surface area contributed by atoms with Crippen LogP contribution in [-0.2, 0) is 5.54 Å². The maximum atomic E-state index is 4.08. The van der Waals surface area contributed by atoms with Crippen molar-refractivity contribution in [2.45, 2.75) is 60.9 Å². The van der Waals surface area contributed by atoms with Gasteiger partial charge in [-0.15, -0.1) is 0 Å². The fraction of sp³-hybridized carbons (Fsp3) is 0.486. The monoisotopic (exact) mass is 528 g/mol. The molecule has 0 aliphatic rings. The van der Waals surface area contributed by atoms with Gasteiger partial charge in [-0.1, -0.05) is 122 Å². The fourth-order valence-corrected chi connectivity index (χ4v) is 4.87. The van der Waals surface area contributed by atoms with Gasteiger partial charge in [-0.2, -0.15) is 0 Å². The molecule has 3 aromatic rings. The lowest BCUT2D eigenvalue weighted by atomic mass is 9.75. The van der Waals surface area contributed by atoms with E-state index in [4.69, 9.17) is 0 Å². The Labute approximate surface area is 238 Å². The summed E-state index contributed by atoms with van der Waals surface area (Å²) >= 11 is 0. The van der Waals surface area contributed by atoms with Crippen LogP contribution in [0.15, 0.2) is 72.8 Å². The highest BCUT2D eigenvalue weighted by Crippen LogP contribution is 2.46. The van der Waals surface area contributed by atoms with E-state index in [1.54, 1.807) is 0 Å². The zero-order chi connectivity index (χ0) is 28.4. The summed E-state index contributed by atoms with van der Waals surface area (Å²) in [5.41, 5.74) is 6.66. The molecule has 3 rings (SSSR count). The van der Waals surface area contributed by atoms with Crippen molar-refractivity contribution >= 4 is 17.1 Å². The molecule has 0 unspecified atom stereocenters. The molecule has 0 bridgehead atoms. The van der Waals surface area contributed by atoms with E-state index in [0.29, 0.717) is 23.7 Å². The second kappa shape index (κ2) is 14.4. The summed E-state index contributed by atoms with van der Waals surface area (Å²) in [6.45, 7) is 21.7. The van der Waals surface area contributed by atoms with Gasteiger partial charge in [0.1, 0.15) is 0 Å². The molecule has 0 aliphatic heterocycles. The summed E-state index contributed by atoms with van der Waals surface area (Å²) in [5, 5.41) is 15.6. The van der Waals surface area contributed by atoms with Gasteiger partial charge >= 0.3 is 0 Å². The Balaban J connectivity index is 2.38. The van der Waals surface area contributed by atoms with E-state index in [9.17, 15) is 0 Å². The molecule has 4 heteroatoms. The first-order chi connectivity index (χ1) is 18.6. The zero-order valence-electron chi connectivity index (χ0n) is 25.6. The van der Waals surface area contributed by atoms with E-state index in [-0.39, 0.29) is 0 Å². The van der Waals surface area contributed by atoms with Crippen LogP contribution < -0.4 is 21.3 Å². The van der Waals surface area contributed by atoms with E-state index in [2.05, 4.69) is 149 Å². The standard InChI is InChI=1S/C35H52N4/c1-25(2)21-36-32-20-19-31(33(37-22-26(3)4)34(32)38-23-27(5)6)35(39-24-28(7)8,29-15-11-9-12-16-29)30-17-13-10-14-18-30/h9-20,25-28,36-39H,21-24H2,1-8H3. The summed E-state index contributed by atoms with van der Waals surface area (Å²) in [7, 11) is 0. The van der Waals surface area contributed by atoms with Gasteiger partial charge in [-0.25, -0.2) is 0 Å². The summed E-state index contributed by atoms with van der Waals surface area (Å²) in [5.74, 6) is 2.08. The van der Waals surface area contributed by atoms with Crippen LogP contribution in [0.1, 0.15) is 72.1 Å². The summed E-state index contributed by atoms with van der Waals surface area (Å²) < 4.78 is 0. The summed E-state index contributed by atoms with van der Waals surface area (Å²) in [6, 6.07) is 26.5. The fourth-order valence-electron chi connectivity index (χ4n) is 4.87. The van der Waals surface area contributed by atoms with Crippen molar-refractivity contribution in [3.8, 4) is 0 Å². The highest BCUT2D eigenvalue weighted by atomic mass is 15.0. The Hall–Kier alpha value is -2.98. The predicted octanol–water partition coefficient (Wildman–Crippen LogP) is 8.43. The molecule has 4 N–H and O–H groups in total. The molecule has 0 atom stereocenters. The third-order valence-electron chi connectivity index (χ3n) is 6.87. The average Bonchev–Trinajstić information content (AvgIpc) is 2.91. The average molecular weight is 529 g/mol. The van der Waals surface area contributed by atoms with Gasteiger partial charge < -0.3 is 16.0 Å². The molecule has 0 radical (unpaired) electrons. The molecule has 0 heterocycles. The van der Waals surface area contributed by atoms with Crippen molar-refractivity contribution in [3.63, 3.8) is 0 Å². The first-order valence-electron chi connectivity index (χ1n) is 14.9. The minimum Gasteiger partial charge on any atom is -0.383 e. The zero-order valence-corrected chi connectivity index (χ0v) is 25.6. The predicted molar refractivity (Wildman–Crippen MR) is 172 cm³/mol. The molecule has 0 saturated carbocycles. The number of hydrogen-bond acceptors (Lipinski definition) is 4. The van der Waals surface area contributed by atoms with Crippen LogP contribution >= 0.6 is 0 Å². The van der Waals surface area contributed by atoms with Crippen LogP contribution in [0.25, 0.3) is 0 Å². The van der Waals surface area contributed by atoms with Crippen LogP contribution in [-0.4, -0.2) is 26.2 Å². The van der Waals surface area contributed by atoms with Crippen LogP contribution in [0.3, 0.4) is 0 Å². The normalized spacial score (nSPS) is 12.0. The molecule has 3 aromatic carbocycles. The van der Waals surface area contributed by atoms with Crippen LogP contribution in [0.2, 0.25) is 0 Å². The first kappa shape index (κ1) is 30.6. The van der Waals surface area contributed by atoms with E-state index in [0.717, 1.165) is 37.6 Å². The Morgan fingerprint density at radius 2 is 0.923 bits per heavy atom. The van der Waals surface area contributed by atoms with E-state index in [1.807, 2.05) is 0 Å². The lowest BCUT2D eigenvalue weighted by Crippen LogP contribution is -2.46. The number of rotatable bonds is 15. The molecule has 0 saturated heterocycles. The summed E-state index contributed by atoms with van der Waals surface area (Å²) in [6.07, 6.45) is 0. The SMILES string of the molecule is CC(C)CNc1ccc(C(NCC(C)C)(c2ccccc2)c2ccccc2)c(NCC(C)C)c1NCC(C)C. The Morgan fingerprint density at radius 1 is 0.487 bits per heavy atom. The Bertz CT molecular complexity index is 1080. The van der Waals surface area contributed by atoms with Gasteiger partial charge in [0.25, 0.3) is 0 Å². The van der Waals surface area contributed by atoms with Crippen molar-refractivity contribution in [1.29, 1.82) is 0 Å².